The van der Waals surface area contributed by atoms with Crippen molar-refractivity contribution in [1.29, 1.82) is 0 Å². The fourth-order valence-electron chi connectivity index (χ4n) is 1.72. The molecule has 0 atom stereocenters. The van der Waals surface area contributed by atoms with Crippen molar-refractivity contribution in [2.75, 3.05) is 30.9 Å². The average molecular weight is 478 g/mol. The normalized spacial score (nSPS) is 17.4. The van der Waals surface area contributed by atoms with Crippen molar-refractivity contribution in [1.82, 2.24) is 9.62 Å². The molecule has 1 aromatic carbocycles. The highest BCUT2D eigenvalue weighted by atomic mass is 79.9. The van der Waals surface area contributed by atoms with E-state index >= 15 is 0 Å². The van der Waals surface area contributed by atoms with Crippen LogP contribution in [0, 0.1) is 0 Å². The second-order valence-electron chi connectivity index (χ2n) is 4.00. The maximum Gasteiger partial charge on any atom is 0.301 e. The van der Waals surface area contributed by atoms with Crippen LogP contribution in [0.25, 0.3) is 0 Å². The van der Waals surface area contributed by atoms with Crippen molar-refractivity contribution in [3.8, 4) is 0 Å². The van der Waals surface area contributed by atoms with Gasteiger partial charge in [-0.15, -0.1) is 0 Å². The summed E-state index contributed by atoms with van der Waals surface area (Å²) in [7, 11) is -3.53. The van der Waals surface area contributed by atoms with Crippen LogP contribution in [-0.4, -0.2) is 38.9 Å². The molecule has 19 heavy (non-hydrogen) atoms. The highest BCUT2D eigenvalue weighted by Gasteiger charge is 2.25. The summed E-state index contributed by atoms with van der Waals surface area (Å²) in [6.45, 7) is 2.29. The van der Waals surface area contributed by atoms with Crippen LogP contribution >= 0.6 is 47.8 Å². The van der Waals surface area contributed by atoms with Gasteiger partial charge in [-0.25, -0.2) is 0 Å². The number of rotatable bonds is 3. The van der Waals surface area contributed by atoms with Crippen molar-refractivity contribution in [3.05, 3.63) is 25.6 Å². The molecule has 1 fully saturated rings. The first-order valence-corrected chi connectivity index (χ1v) is 9.35. The molecule has 1 aromatic rings. The lowest BCUT2D eigenvalue weighted by Crippen LogP contribution is -2.48. The molecular weight excluding hydrogens is 466 g/mol. The standard InChI is InChI=1S/C10H12Br3N3O2S/c11-7-5-8(12)10(9(13)6-7)15-19(17,18)16-3-1-14-2-4-16/h5-6,14-15H,1-4H2. The maximum absolute atomic E-state index is 12.3. The Balaban J connectivity index is 2.25. The molecule has 9 heteroatoms. The van der Waals surface area contributed by atoms with E-state index < -0.39 is 10.2 Å². The van der Waals surface area contributed by atoms with E-state index in [9.17, 15) is 8.42 Å². The van der Waals surface area contributed by atoms with Crippen molar-refractivity contribution < 1.29 is 8.42 Å². The second kappa shape index (κ2) is 6.40. The van der Waals surface area contributed by atoms with Crippen LogP contribution in [0.5, 0.6) is 0 Å². The van der Waals surface area contributed by atoms with Crippen molar-refractivity contribution in [2.45, 2.75) is 0 Å². The van der Waals surface area contributed by atoms with E-state index in [2.05, 4.69) is 57.8 Å². The summed E-state index contributed by atoms with van der Waals surface area (Å²) >= 11 is 10.1. The Morgan fingerprint density at radius 3 is 2.16 bits per heavy atom. The predicted molar refractivity (Wildman–Crippen MR) is 86.5 cm³/mol. The average Bonchev–Trinajstić information content (AvgIpc) is 2.35. The lowest BCUT2D eigenvalue weighted by Gasteiger charge is -2.27. The number of nitrogens with zero attached hydrogens (tertiary/aromatic N) is 1. The second-order valence-corrected chi connectivity index (χ2v) is 8.30. The van der Waals surface area contributed by atoms with Crippen LogP contribution in [0.1, 0.15) is 0 Å². The zero-order chi connectivity index (χ0) is 14.0. The molecule has 2 N–H and O–H groups in total. The Labute approximate surface area is 137 Å². The van der Waals surface area contributed by atoms with Crippen molar-refractivity contribution in [3.63, 3.8) is 0 Å². The summed E-state index contributed by atoms with van der Waals surface area (Å²) in [6.07, 6.45) is 0. The highest BCUT2D eigenvalue weighted by Crippen LogP contribution is 2.35. The van der Waals surface area contributed by atoms with Gasteiger partial charge < -0.3 is 5.32 Å². The van der Waals surface area contributed by atoms with Crippen LogP contribution in [0.15, 0.2) is 25.6 Å². The van der Waals surface area contributed by atoms with Gasteiger partial charge in [0.1, 0.15) is 0 Å². The van der Waals surface area contributed by atoms with Gasteiger partial charge >= 0.3 is 10.2 Å². The maximum atomic E-state index is 12.3. The number of nitrogens with one attached hydrogen (secondary N) is 2. The zero-order valence-corrected chi connectivity index (χ0v) is 15.4. The van der Waals surface area contributed by atoms with Crippen LogP contribution < -0.4 is 10.0 Å². The number of hydrogen-bond acceptors (Lipinski definition) is 3. The Hall–Kier alpha value is 0.330. The van der Waals surface area contributed by atoms with Gasteiger partial charge in [0, 0.05) is 39.6 Å². The van der Waals surface area contributed by atoms with E-state index in [0.717, 1.165) is 4.47 Å². The lowest BCUT2D eigenvalue weighted by molar-refractivity contribution is 0.362. The van der Waals surface area contributed by atoms with E-state index in [4.69, 9.17) is 0 Å². The Morgan fingerprint density at radius 2 is 1.63 bits per heavy atom. The molecule has 0 aromatic heterocycles. The third-order valence-electron chi connectivity index (χ3n) is 2.65. The molecule has 0 radical (unpaired) electrons. The van der Waals surface area contributed by atoms with Gasteiger partial charge in [-0.3, -0.25) is 4.72 Å². The van der Waals surface area contributed by atoms with Gasteiger partial charge in [-0.2, -0.15) is 12.7 Å². The quantitative estimate of drug-likeness (QED) is 0.703. The molecule has 0 bridgehead atoms. The van der Waals surface area contributed by atoms with Crippen molar-refractivity contribution in [2.24, 2.45) is 0 Å². The fourth-order valence-corrected chi connectivity index (χ4v) is 5.71. The summed E-state index contributed by atoms with van der Waals surface area (Å²) in [5.41, 5.74) is 0.502. The molecule has 0 unspecified atom stereocenters. The third-order valence-corrected chi connectivity index (χ3v) is 5.87. The first kappa shape index (κ1) is 15.7. The number of halogens is 3. The minimum absolute atomic E-state index is 0.473. The minimum Gasteiger partial charge on any atom is -0.314 e. The minimum atomic E-state index is -3.53. The molecule has 0 aliphatic carbocycles. The van der Waals surface area contributed by atoms with Gasteiger partial charge in [0.2, 0.25) is 0 Å². The molecule has 0 spiro atoms. The first-order chi connectivity index (χ1) is 8.90. The summed E-state index contributed by atoms with van der Waals surface area (Å²) in [4.78, 5) is 0. The Kier molecular flexibility index (Phi) is 5.29. The number of piperazine rings is 1. The molecule has 1 heterocycles. The van der Waals surface area contributed by atoms with Gasteiger partial charge in [-0.05, 0) is 44.0 Å². The van der Waals surface area contributed by atoms with Gasteiger partial charge in [0.25, 0.3) is 0 Å². The highest BCUT2D eigenvalue weighted by molar-refractivity contribution is 9.11. The summed E-state index contributed by atoms with van der Waals surface area (Å²) in [6, 6.07) is 3.58. The number of anilines is 1. The zero-order valence-electron chi connectivity index (χ0n) is 9.79. The molecular formula is C10H12Br3N3O2S. The molecule has 5 nitrogen and oxygen atoms in total. The fraction of sp³-hybridized carbons (Fsp3) is 0.400. The van der Waals surface area contributed by atoms with E-state index in [1.165, 1.54) is 4.31 Å². The van der Waals surface area contributed by atoms with Crippen LogP contribution in [0.2, 0.25) is 0 Å². The van der Waals surface area contributed by atoms with E-state index in [1.54, 1.807) is 12.1 Å². The Bertz CT molecular complexity index is 550. The SMILES string of the molecule is O=S(=O)(Nc1c(Br)cc(Br)cc1Br)N1CCNCC1. The lowest BCUT2D eigenvalue weighted by atomic mass is 10.3. The summed E-state index contributed by atoms with van der Waals surface area (Å²) < 4.78 is 30.8. The molecule has 0 saturated carbocycles. The van der Waals surface area contributed by atoms with Crippen LogP contribution in [-0.2, 0) is 10.2 Å². The van der Waals surface area contributed by atoms with Gasteiger partial charge in [0.15, 0.2) is 0 Å². The molecule has 0 amide bonds. The molecule has 2 rings (SSSR count). The molecule has 106 valence electrons. The molecule has 1 saturated heterocycles. The van der Waals surface area contributed by atoms with Crippen LogP contribution in [0.3, 0.4) is 0 Å². The van der Waals surface area contributed by atoms with E-state index in [-0.39, 0.29) is 0 Å². The first-order valence-electron chi connectivity index (χ1n) is 5.53. The topological polar surface area (TPSA) is 61.4 Å². The number of hydrogen-bond donors (Lipinski definition) is 2. The van der Waals surface area contributed by atoms with Gasteiger partial charge in [-0.1, -0.05) is 15.9 Å². The molecule has 1 aliphatic rings. The smallest absolute Gasteiger partial charge is 0.301 e. The Morgan fingerprint density at radius 1 is 1.11 bits per heavy atom. The third kappa shape index (κ3) is 3.92. The summed E-state index contributed by atoms with van der Waals surface area (Å²) in [5.74, 6) is 0. The van der Waals surface area contributed by atoms with Crippen LogP contribution in [0.4, 0.5) is 5.69 Å². The summed E-state index contributed by atoms with van der Waals surface area (Å²) in [5, 5.41) is 3.12. The van der Waals surface area contributed by atoms with E-state index in [1.807, 2.05) is 0 Å². The van der Waals surface area contributed by atoms with Crippen molar-refractivity contribution >= 4 is 63.7 Å². The van der Waals surface area contributed by atoms with Gasteiger partial charge in [0.05, 0.1) is 5.69 Å². The predicted octanol–water partition coefficient (Wildman–Crippen LogP) is 2.54. The monoisotopic (exact) mass is 475 g/mol. The molecule has 1 aliphatic heterocycles. The number of benzene rings is 1. The van der Waals surface area contributed by atoms with E-state index in [0.29, 0.717) is 40.8 Å². The largest absolute Gasteiger partial charge is 0.314 e.